The van der Waals surface area contributed by atoms with Crippen LogP contribution in [0.5, 0.6) is 0 Å². The van der Waals surface area contributed by atoms with Crippen molar-refractivity contribution >= 4 is 39.8 Å². The minimum atomic E-state index is -0.491. The van der Waals surface area contributed by atoms with Crippen molar-refractivity contribution in [2.75, 3.05) is 5.32 Å². The van der Waals surface area contributed by atoms with Crippen molar-refractivity contribution in [3.05, 3.63) is 34.4 Å². The van der Waals surface area contributed by atoms with Crippen LogP contribution in [0.2, 0.25) is 5.02 Å². The maximum Gasteiger partial charge on any atom is 0.260 e. The molecule has 0 atom stereocenters. The van der Waals surface area contributed by atoms with Gasteiger partial charge in [0.25, 0.3) is 5.91 Å². The highest BCUT2D eigenvalue weighted by atomic mass is 35.5. The van der Waals surface area contributed by atoms with Crippen molar-refractivity contribution in [2.45, 2.75) is 0 Å². The number of hydrogen-bond donors (Lipinski definition) is 2. The first-order valence-corrected chi connectivity index (χ1v) is 5.49. The lowest BCUT2D eigenvalue weighted by molar-refractivity contribution is 0.100. The van der Waals surface area contributed by atoms with Gasteiger partial charge in [-0.3, -0.25) is 4.79 Å². The Hall–Kier alpha value is -1.66. The van der Waals surface area contributed by atoms with Crippen LogP contribution in [-0.4, -0.2) is 15.9 Å². The molecule has 0 spiro atoms. The van der Waals surface area contributed by atoms with Crippen LogP contribution < -0.4 is 11.1 Å². The van der Waals surface area contributed by atoms with E-state index in [1.54, 1.807) is 12.1 Å². The maximum atomic E-state index is 10.8. The Bertz CT molecular complexity index is 510. The molecule has 2 rings (SSSR count). The van der Waals surface area contributed by atoms with Gasteiger partial charge in [-0.25, -0.2) is 9.97 Å². The van der Waals surface area contributed by atoms with Gasteiger partial charge in [0.1, 0.15) is 10.7 Å². The molecule has 2 aromatic heterocycles. The number of anilines is 2. The molecule has 5 nitrogen and oxygen atoms in total. The molecular weight excluding hydrogens is 248 g/mol. The van der Waals surface area contributed by atoms with Crippen molar-refractivity contribution in [1.82, 2.24) is 9.97 Å². The van der Waals surface area contributed by atoms with E-state index in [0.717, 1.165) is 0 Å². The minimum absolute atomic E-state index is 0.400. The third-order valence-electron chi connectivity index (χ3n) is 1.71. The number of hydrogen-bond acceptors (Lipinski definition) is 5. The highest BCUT2D eigenvalue weighted by Gasteiger charge is 2.06. The third kappa shape index (κ3) is 2.47. The predicted octanol–water partition coefficient (Wildman–Crippen LogP) is 2.03. The summed E-state index contributed by atoms with van der Waals surface area (Å²) in [6, 6.07) is 3.42. The zero-order valence-corrected chi connectivity index (χ0v) is 9.55. The number of nitrogens with two attached hydrogens (primary N) is 1. The Kier molecular flexibility index (Phi) is 3.02. The molecule has 0 aromatic carbocycles. The van der Waals surface area contributed by atoms with E-state index in [1.807, 2.05) is 0 Å². The highest BCUT2D eigenvalue weighted by Crippen LogP contribution is 2.21. The molecule has 0 bridgehead atoms. The number of carbonyl (C=O) groups is 1. The zero-order valence-electron chi connectivity index (χ0n) is 7.98. The largest absolute Gasteiger partial charge is 0.365 e. The van der Waals surface area contributed by atoms with Crippen LogP contribution in [0, 0.1) is 0 Å². The van der Waals surface area contributed by atoms with Crippen LogP contribution in [0.15, 0.2) is 24.5 Å². The summed E-state index contributed by atoms with van der Waals surface area (Å²) < 4.78 is 0. The van der Waals surface area contributed by atoms with E-state index < -0.39 is 5.91 Å². The van der Waals surface area contributed by atoms with Gasteiger partial charge in [0, 0.05) is 6.20 Å². The molecule has 0 saturated carbocycles. The van der Waals surface area contributed by atoms with Gasteiger partial charge in [0.15, 0.2) is 5.13 Å². The molecule has 1 amide bonds. The number of carbonyl (C=O) groups excluding carboxylic acids is 1. The first-order chi connectivity index (χ1) is 7.65. The molecule has 82 valence electrons. The van der Waals surface area contributed by atoms with E-state index in [-0.39, 0.29) is 0 Å². The van der Waals surface area contributed by atoms with Gasteiger partial charge in [-0.1, -0.05) is 22.9 Å². The van der Waals surface area contributed by atoms with Crippen molar-refractivity contribution in [3.8, 4) is 0 Å². The standard InChI is InChI=1S/C9H7ClN4OS/c10-5-1-2-7(12-3-5)14-9-13-4-6(16-9)8(11)15/h1-4H,(H2,11,15)(H,12,13,14). The molecule has 2 heterocycles. The Morgan fingerprint density at radius 1 is 1.38 bits per heavy atom. The lowest BCUT2D eigenvalue weighted by Gasteiger charge is -1.99. The van der Waals surface area contributed by atoms with Crippen molar-refractivity contribution < 1.29 is 4.79 Å². The lowest BCUT2D eigenvalue weighted by Crippen LogP contribution is -2.08. The number of amides is 1. The summed E-state index contributed by atoms with van der Waals surface area (Å²) in [4.78, 5) is 19.3. The first kappa shape index (κ1) is 10.8. The van der Waals surface area contributed by atoms with Gasteiger partial charge in [-0.05, 0) is 12.1 Å². The molecule has 0 unspecified atom stereocenters. The molecule has 0 aliphatic carbocycles. The summed E-state index contributed by atoms with van der Waals surface area (Å²) in [6.45, 7) is 0. The quantitative estimate of drug-likeness (QED) is 0.878. The molecule has 0 saturated heterocycles. The average molecular weight is 255 g/mol. The SMILES string of the molecule is NC(=O)c1cnc(Nc2ccc(Cl)cn2)s1. The summed E-state index contributed by atoms with van der Waals surface area (Å²) in [6.07, 6.45) is 2.94. The Labute approximate surface area is 100 Å². The molecule has 0 aliphatic heterocycles. The number of nitrogens with zero attached hydrogens (tertiary/aromatic N) is 2. The van der Waals surface area contributed by atoms with Gasteiger partial charge in [-0.2, -0.15) is 0 Å². The predicted molar refractivity (Wildman–Crippen MR) is 63.2 cm³/mol. The van der Waals surface area contributed by atoms with Crippen molar-refractivity contribution in [2.24, 2.45) is 5.73 Å². The molecule has 0 aliphatic rings. The minimum Gasteiger partial charge on any atom is -0.365 e. The van der Waals surface area contributed by atoms with E-state index in [9.17, 15) is 4.79 Å². The second kappa shape index (κ2) is 4.46. The Morgan fingerprint density at radius 3 is 2.75 bits per heavy atom. The number of rotatable bonds is 3. The van der Waals surface area contributed by atoms with Crippen LogP contribution in [0.1, 0.15) is 9.67 Å². The van der Waals surface area contributed by atoms with E-state index in [2.05, 4.69) is 15.3 Å². The molecule has 7 heteroatoms. The van der Waals surface area contributed by atoms with Gasteiger partial charge in [-0.15, -0.1) is 0 Å². The summed E-state index contributed by atoms with van der Waals surface area (Å²) in [5.74, 6) is 0.115. The van der Waals surface area contributed by atoms with Crippen LogP contribution in [0.4, 0.5) is 10.9 Å². The van der Waals surface area contributed by atoms with Crippen LogP contribution in [-0.2, 0) is 0 Å². The zero-order chi connectivity index (χ0) is 11.5. The fourth-order valence-electron chi connectivity index (χ4n) is 1.01. The fourth-order valence-corrected chi connectivity index (χ4v) is 1.79. The van der Waals surface area contributed by atoms with E-state index in [0.29, 0.717) is 20.8 Å². The van der Waals surface area contributed by atoms with Crippen molar-refractivity contribution in [1.29, 1.82) is 0 Å². The maximum absolute atomic E-state index is 10.8. The third-order valence-corrected chi connectivity index (χ3v) is 2.86. The van der Waals surface area contributed by atoms with Gasteiger partial charge in [0.05, 0.1) is 11.2 Å². The average Bonchev–Trinajstić information content (AvgIpc) is 2.70. The van der Waals surface area contributed by atoms with Crippen LogP contribution in [0.25, 0.3) is 0 Å². The number of aromatic nitrogens is 2. The fraction of sp³-hybridized carbons (Fsp3) is 0. The van der Waals surface area contributed by atoms with E-state index >= 15 is 0 Å². The number of primary amides is 1. The molecular formula is C9H7ClN4OS. The van der Waals surface area contributed by atoms with Crippen LogP contribution in [0.3, 0.4) is 0 Å². The Morgan fingerprint density at radius 2 is 2.19 bits per heavy atom. The smallest absolute Gasteiger partial charge is 0.260 e. The topological polar surface area (TPSA) is 80.9 Å². The number of thiazole rings is 1. The summed E-state index contributed by atoms with van der Waals surface area (Å²) in [5, 5.41) is 4.05. The molecule has 0 radical (unpaired) electrons. The number of pyridine rings is 1. The van der Waals surface area contributed by atoms with Gasteiger partial charge < -0.3 is 11.1 Å². The van der Waals surface area contributed by atoms with E-state index in [4.69, 9.17) is 17.3 Å². The normalized spacial score (nSPS) is 10.1. The van der Waals surface area contributed by atoms with Gasteiger partial charge >= 0.3 is 0 Å². The van der Waals surface area contributed by atoms with Crippen LogP contribution >= 0.6 is 22.9 Å². The highest BCUT2D eigenvalue weighted by molar-refractivity contribution is 7.17. The second-order valence-corrected chi connectivity index (χ2v) is 4.35. The van der Waals surface area contributed by atoms with Crippen molar-refractivity contribution in [3.63, 3.8) is 0 Å². The molecule has 2 aromatic rings. The summed E-state index contributed by atoms with van der Waals surface area (Å²) >= 11 is 6.87. The second-order valence-electron chi connectivity index (χ2n) is 2.88. The monoisotopic (exact) mass is 254 g/mol. The van der Waals surface area contributed by atoms with Gasteiger partial charge in [0.2, 0.25) is 0 Å². The number of nitrogens with one attached hydrogen (secondary N) is 1. The molecule has 3 N–H and O–H groups in total. The molecule has 16 heavy (non-hydrogen) atoms. The number of halogens is 1. The molecule has 0 fully saturated rings. The van der Waals surface area contributed by atoms with E-state index in [1.165, 1.54) is 23.7 Å². The first-order valence-electron chi connectivity index (χ1n) is 4.29. The summed E-state index contributed by atoms with van der Waals surface area (Å²) in [7, 11) is 0. The lowest BCUT2D eigenvalue weighted by atomic mass is 10.5. The summed E-state index contributed by atoms with van der Waals surface area (Å²) in [5.41, 5.74) is 5.11. The Balaban J connectivity index is 2.14.